The van der Waals surface area contributed by atoms with Crippen LogP contribution in [0.2, 0.25) is 0 Å². The average molecular weight is 286 g/mol. The monoisotopic (exact) mass is 286 g/mol. The Morgan fingerprint density at radius 2 is 1.50 bits per heavy atom. The van der Waals surface area contributed by atoms with Gasteiger partial charge in [0.1, 0.15) is 0 Å². The normalized spacial score (nSPS) is 14.4. The quantitative estimate of drug-likeness (QED) is 0.378. The first-order valence-corrected chi connectivity index (χ1v) is 7.34. The van der Waals surface area contributed by atoms with Gasteiger partial charge in [-0.05, 0) is 39.0 Å². The maximum atomic E-state index is 9.18. The van der Waals surface area contributed by atoms with Gasteiger partial charge in [-0.3, -0.25) is 0 Å². The van der Waals surface area contributed by atoms with E-state index in [9.17, 15) is 15.3 Å². The zero-order chi connectivity index (χ0) is 15.3. The van der Waals surface area contributed by atoms with Gasteiger partial charge in [-0.25, -0.2) is 0 Å². The highest BCUT2D eigenvalue weighted by Gasteiger charge is 2.27. The molecule has 0 unspecified atom stereocenters. The van der Waals surface area contributed by atoms with E-state index in [-0.39, 0.29) is 19.8 Å². The van der Waals surface area contributed by atoms with Gasteiger partial charge in [0, 0.05) is 18.6 Å². The summed E-state index contributed by atoms with van der Waals surface area (Å²) >= 11 is 0. The van der Waals surface area contributed by atoms with Gasteiger partial charge >= 0.3 is 0 Å². The smallest absolute Gasteiger partial charge is 0.0532 e. The van der Waals surface area contributed by atoms with Crippen molar-refractivity contribution in [2.24, 2.45) is 11.3 Å². The molecule has 0 spiro atoms. The predicted molar refractivity (Wildman–Crippen MR) is 81.5 cm³/mol. The molecule has 0 fully saturated rings. The van der Waals surface area contributed by atoms with E-state index in [1.807, 2.05) is 13.8 Å². The van der Waals surface area contributed by atoms with Crippen molar-refractivity contribution in [1.82, 2.24) is 0 Å². The summed E-state index contributed by atoms with van der Waals surface area (Å²) in [5.74, 6) is 0.458. The molecule has 0 radical (unpaired) electrons. The minimum atomic E-state index is -0.821. The van der Waals surface area contributed by atoms with Crippen LogP contribution in [0.5, 0.6) is 0 Å². The summed E-state index contributed by atoms with van der Waals surface area (Å²) in [5, 5.41) is 27.5. The molecule has 0 aromatic heterocycles. The van der Waals surface area contributed by atoms with Crippen LogP contribution in [0.3, 0.4) is 0 Å². The Labute approximate surface area is 122 Å². The largest absolute Gasteiger partial charge is 0.396 e. The van der Waals surface area contributed by atoms with E-state index in [1.54, 1.807) is 0 Å². The summed E-state index contributed by atoms with van der Waals surface area (Å²) < 4.78 is 5.52. The van der Waals surface area contributed by atoms with Gasteiger partial charge in [0.2, 0.25) is 0 Å². The summed E-state index contributed by atoms with van der Waals surface area (Å²) in [4.78, 5) is 0. The highest BCUT2D eigenvalue weighted by molar-refractivity contribution is 4.98. The number of rotatable bonds is 12. The lowest BCUT2D eigenvalue weighted by molar-refractivity contribution is -0.0215. The lowest BCUT2D eigenvalue weighted by Crippen LogP contribution is -2.35. The molecular weight excluding hydrogens is 256 g/mol. The number of allylic oxidation sites excluding steroid dienone is 4. The van der Waals surface area contributed by atoms with Crippen LogP contribution in [0.15, 0.2) is 24.3 Å². The van der Waals surface area contributed by atoms with Gasteiger partial charge in [0.05, 0.1) is 19.8 Å². The van der Waals surface area contributed by atoms with Gasteiger partial charge in [-0.2, -0.15) is 0 Å². The van der Waals surface area contributed by atoms with Crippen molar-refractivity contribution in [3.63, 3.8) is 0 Å². The SMILES string of the molecule is CC=CC(C=CC)CCCOCCC(CO)(CO)CO. The number of hydrogen-bond donors (Lipinski definition) is 3. The number of aliphatic hydroxyl groups excluding tert-OH is 3. The third-order valence-electron chi connectivity index (χ3n) is 3.49. The molecule has 20 heavy (non-hydrogen) atoms. The molecule has 0 atom stereocenters. The minimum absolute atomic E-state index is 0.228. The standard InChI is InChI=1S/C16H30O4/c1-3-6-15(7-4-2)8-5-10-20-11-9-16(12-17,13-18)14-19/h3-4,6-7,15,17-19H,5,8-14H2,1-2H3. The van der Waals surface area contributed by atoms with Crippen LogP contribution in [-0.4, -0.2) is 48.4 Å². The van der Waals surface area contributed by atoms with E-state index in [2.05, 4.69) is 24.3 Å². The second-order valence-corrected chi connectivity index (χ2v) is 5.19. The van der Waals surface area contributed by atoms with Crippen LogP contribution >= 0.6 is 0 Å². The second kappa shape index (κ2) is 12.1. The topological polar surface area (TPSA) is 69.9 Å². The Morgan fingerprint density at radius 1 is 0.950 bits per heavy atom. The zero-order valence-corrected chi connectivity index (χ0v) is 12.8. The van der Waals surface area contributed by atoms with Crippen LogP contribution in [0.4, 0.5) is 0 Å². The average Bonchev–Trinajstić information content (AvgIpc) is 2.48. The van der Waals surface area contributed by atoms with E-state index in [0.717, 1.165) is 12.8 Å². The first-order valence-electron chi connectivity index (χ1n) is 7.34. The van der Waals surface area contributed by atoms with Crippen LogP contribution in [0, 0.1) is 11.3 Å². The van der Waals surface area contributed by atoms with Gasteiger partial charge in [-0.1, -0.05) is 24.3 Å². The van der Waals surface area contributed by atoms with Crippen LogP contribution in [0.1, 0.15) is 33.1 Å². The fourth-order valence-corrected chi connectivity index (χ4v) is 1.95. The third-order valence-corrected chi connectivity index (χ3v) is 3.49. The van der Waals surface area contributed by atoms with Crippen molar-refractivity contribution in [1.29, 1.82) is 0 Å². The summed E-state index contributed by atoms with van der Waals surface area (Å²) in [6, 6.07) is 0. The Morgan fingerprint density at radius 3 is 1.95 bits per heavy atom. The summed E-state index contributed by atoms with van der Waals surface area (Å²) in [6.07, 6.45) is 10.9. The third kappa shape index (κ3) is 7.80. The molecule has 0 heterocycles. The number of aliphatic hydroxyl groups is 3. The van der Waals surface area contributed by atoms with Crippen LogP contribution in [-0.2, 0) is 4.74 Å². The van der Waals surface area contributed by atoms with E-state index in [1.165, 1.54) is 0 Å². The maximum absolute atomic E-state index is 9.18. The molecule has 0 amide bonds. The Hall–Kier alpha value is -0.680. The molecule has 0 aliphatic heterocycles. The molecule has 3 N–H and O–H groups in total. The Bertz CT molecular complexity index is 249. The van der Waals surface area contributed by atoms with Gasteiger partial charge in [0.15, 0.2) is 0 Å². The molecule has 0 aliphatic carbocycles. The lowest BCUT2D eigenvalue weighted by atomic mass is 9.88. The molecule has 4 nitrogen and oxygen atoms in total. The first-order chi connectivity index (χ1) is 9.67. The molecule has 0 saturated carbocycles. The van der Waals surface area contributed by atoms with Gasteiger partial charge in [0.25, 0.3) is 0 Å². The zero-order valence-electron chi connectivity index (χ0n) is 12.8. The molecular formula is C16H30O4. The van der Waals surface area contributed by atoms with E-state index in [0.29, 0.717) is 25.6 Å². The fraction of sp³-hybridized carbons (Fsp3) is 0.750. The number of hydrogen-bond acceptors (Lipinski definition) is 4. The highest BCUT2D eigenvalue weighted by atomic mass is 16.5. The minimum Gasteiger partial charge on any atom is -0.396 e. The summed E-state index contributed by atoms with van der Waals surface area (Å²) in [5.41, 5.74) is -0.821. The Kier molecular flexibility index (Phi) is 11.7. The lowest BCUT2D eigenvalue weighted by Gasteiger charge is -2.26. The van der Waals surface area contributed by atoms with Crippen molar-refractivity contribution in [3.05, 3.63) is 24.3 Å². The summed E-state index contributed by atoms with van der Waals surface area (Å²) in [6.45, 7) is 4.45. The molecule has 0 aromatic rings. The highest BCUT2D eigenvalue weighted by Crippen LogP contribution is 2.20. The molecule has 4 heteroatoms. The van der Waals surface area contributed by atoms with Crippen molar-refractivity contribution in [3.8, 4) is 0 Å². The van der Waals surface area contributed by atoms with Gasteiger partial charge < -0.3 is 20.1 Å². The molecule has 0 aromatic carbocycles. The van der Waals surface area contributed by atoms with E-state index < -0.39 is 5.41 Å². The first kappa shape index (κ1) is 19.3. The van der Waals surface area contributed by atoms with E-state index in [4.69, 9.17) is 4.74 Å². The van der Waals surface area contributed by atoms with Crippen molar-refractivity contribution >= 4 is 0 Å². The van der Waals surface area contributed by atoms with Crippen molar-refractivity contribution in [2.75, 3.05) is 33.0 Å². The number of ether oxygens (including phenoxy) is 1. The Balaban J connectivity index is 3.81. The summed E-state index contributed by atoms with van der Waals surface area (Å²) in [7, 11) is 0. The van der Waals surface area contributed by atoms with Crippen LogP contribution < -0.4 is 0 Å². The molecule has 0 aliphatic rings. The second-order valence-electron chi connectivity index (χ2n) is 5.19. The molecule has 118 valence electrons. The van der Waals surface area contributed by atoms with Crippen molar-refractivity contribution in [2.45, 2.75) is 33.1 Å². The van der Waals surface area contributed by atoms with Crippen molar-refractivity contribution < 1.29 is 20.1 Å². The predicted octanol–water partition coefficient (Wildman–Crippen LogP) is 1.90. The van der Waals surface area contributed by atoms with E-state index >= 15 is 0 Å². The fourth-order valence-electron chi connectivity index (χ4n) is 1.95. The molecule has 0 rings (SSSR count). The van der Waals surface area contributed by atoms with Crippen LogP contribution in [0.25, 0.3) is 0 Å². The maximum Gasteiger partial charge on any atom is 0.0532 e. The molecule has 0 bridgehead atoms. The van der Waals surface area contributed by atoms with Gasteiger partial charge in [-0.15, -0.1) is 0 Å². The molecule has 0 saturated heterocycles.